The van der Waals surface area contributed by atoms with E-state index in [2.05, 4.69) is 52.0 Å². The molecule has 1 rings (SSSR count). The van der Waals surface area contributed by atoms with E-state index in [-0.39, 0.29) is 12.4 Å². The lowest BCUT2D eigenvalue weighted by molar-refractivity contribution is -0.00000667. The molecule has 0 spiro atoms. The minimum absolute atomic E-state index is 0. The van der Waals surface area contributed by atoms with Crippen molar-refractivity contribution < 1.29 is 12.4 Å². The molecular formula is C29H54ClN. The number of quaternary nitrogens is 1. The second-order valence-electron chi connectivity index (χ2n) is 9.64. The molecule has 0 saturated heterocycles. The predicted octanol–water partition coefficient (Wildman–Crippen LogP) is 6.61. The standard InChI is InChI=1S/C29H54N.ClH/c1-5-8-9-10-11-12-13-14-15-16-17-18-19-20-21-22-27-30(6-2,7-3)29-25-23-28(4)24-26-29;/h23-26H,5-22,27H2,1-4H3;1H/q+1;/p-1. The van der Waals surface area contributed by atoms with Gasteiger partial charge in [0.25, 0.3) is 0 Å². The van der Waals surface area contributed by atoms with Crippen molar-refractivity contribution in [2.75, 3.05) is 19.6 Å². The van der Waals surface area contributed by atoms with Gasteiger partial charge in [-0.2, -0.15) is 0 Å². The summed E-state index contributed by atoms with van der Waals surface area (Å²) >= 11 is 0. The molecule has 1 aromatic carbocycles. The largest absolute Gasteiger partial charge is 1.00 e. The van der Waals surface area contributed by atoms with Gasteiger partial charge < -0.3 is 12.4 Å². The highest BCUT2D eigenvalue weighted by Gasteiger charge is 2.25. The van der Waals surface area contributed by atoms with E-state index < -0.39 is 0 Å². The van der Waals surface area contributed by atoms with Gasteiger partial charge in [0.05, 0.1) is 19.6 Å². The van der Waals surface area contributed by atoms with E-state index in [1.54, 1.807) is 0 Å². The zero-order valence-corrected chi connectivity index (χ0v) is 22.3. The summed E-state index contributed by atoms with van der Waals surface area (Å²) in [5.41, 5.74) is 2.87. The van der Waals surface area contributed by atoms with Crippen LogP contribution in [0.4, 0.5) is 5.69 Å². The average molecular weight is 452 g/mol. The summed E-state index contributed by atoms with van der Waals surface area (Å²) in [4.78, 5) is 0. The Kier molecular flexibility index (Phi) is 19.8. The molecule has 2 heteroatoms. The summed E-state index contributed by atoms with van der Waals surface area (Å²) in [6, 6.07) is 9.27. The third-order valence-corrected chi connectivity index (χ3v) is 7.23. The van der Waals surface area contributed by atoms with Crippen molar-refractivity contribution in [3.63, 3.8) is 0 Å². The summed E-state index contributed by atoms with van der Waals surface area (Å²) in [5, 5.41) is 0. The lowest BCUT2D eigenvalue weighted by atomic mass is 10.0. The minimum Gasteiger partial charge on any atom is -1.00 e. The Labute approximate surface area is 202 Å². The topological polar surface area (TPSA) is 0 Å². The molecule has 0 aromatic heterocycles. The smallest absolute Gasteiger partial charge is 0.132 e. The number of aryl methyl sites for hydroxylation is 1. The molecule has 0 fully saturated rings. The SMILES string of the molecule is CCCCCCCCCCCCCCCCCC[N+](CC)(CC)c1ccc(C)cc1.[Cl-]. The Morgan fingerprint density at radius 2 is 0.871 bits per heavy atom. The first kappa shape index (κ1) is 30.5. The first-order valence-corrected chi connectivity index (χ1v) is 13.6. The van der Waals surface area contributed by atoms with Crippen LogP contribution in [0.15, 0.2) is 24.3 Å². The minimum atomic E-state index is 0. The molecule has 1 aromatic rings. The Morgan fingerprint density at radius 3 is 1.23 bits per heavy atom. The second kappa shape index (κ2) is 20.1. The molecule has 0 atom stereocenters. The highest BCUT2D eigenvalue weighted by Crippen LogP contribution is 2.25. The lowest BCUT2D eigenvalue weighted by Crippen LogP contribution is -3.00. The highest BCUT2D eigenvalue weighted by atomic mass is 35.5. The maximum absolute atomic E-state index is 2.36. The van der Waals surface area contributed by atoms with Gasteiger partial charge in [0.1, 0.15) is 5.69 Å². The Hall–Kier alpha value is -0.530. The van der Waals surface area contributed by atoms with Crippen LogP contribution in [0, 0.1) is 6.92 Å². The van der Waals surface area contributed by atoms with E-state index >= 15 is 0 Å². The molecule has 0 amide bonds. The van der Waals surface area contributed by atoms with Crippen LogP contribution in [-0.2, 0) is 0 Å². The fraction of sp³-hybridized carbons (Fsp3) is 0.793. The molecule has 0 N–H and O–H groups in total. The average Bonchev–Trinajstić information content (AvgIpc) is 2.77. The van der Waals surface area contributed by atoms with Crippen molar-refractivity contribution in [1.82, 2.24) is 4.48 Å². The molecule has 0 aliphatic rings. The van der Waals surface area contributed by atoms with Crippen LogP contribution >= 0.6 is 0 Å². The van der Waals surface area contributed by atoms with E-state index in [1.165, 1.54) is 134 Å². The van der Waals surface area contributed by atoms with Gasteiger partial charge in [-0.25, -0.2) is 0 Å². The Balaban J connectivity index is 0.00000900. The molecule has 0 heterocycles. The van der Waals surface area contributed by atoms with Crippen LogP contribution < -0.4 is 16.9 Å². The highest BCUT2D eigenvalue weighted by molar-refractivity contribution is 5.44. The molecular weight excluding hydrogens is 398 g/mol. The number of unbranched alkanes of at least 4 members (excludes halogenated alkanes) is 15. The number of halogens is 1. The summed E-state index contributed by atoms with van der Waals surface area (Å²) in [6.07, 6.45) is 23.1. The van der Waals surface area contributed by atoms with Gasteiger partial charge in [0.15, 0.2) is 0 Å². The van der Waals surface area contributed by atoms with Crippen molar-refractivity contribution >= 4 is 5.69 Å². The molecule has 0 saturated carbocycles. The quantitative estimate of drug-likeness (QED) is 0.154. The van der Waals surface area contributed by atoms with E-state index in [1.807, 2.05) is 0 Å². The third kappa shape index (κ3) is 13.6. The zero-order chi connectivity index (χ0) is 21.9. The van der Waals surface area contributed by atoms with Crippen LogP contribution in [0.2, 0.25) is 0 Å². The number of nitrogens with zero attached hydrogens (tertiary/aromatic N) is 1. The molecule has 182 valence electrons. The fourth-order valence-corrected chi connectivity index (χ4v) is 4.86. The molecule has 0 radical (unpaired) electrons. The number of hydrogen-bond donors (Lipinski definition) is 0. The first-order valence-electron chi connectivity index (χ1n) is 13.6. The van der Waals surface area contributed by atoms with Crippen molar-refractivity contribution in [3.05, 3.63) is 29.8 Å². The normalized spacial score (nSPS) is 11.5. The van der Waals surface area contributed by atoms with Crippen LogP contribution in [0.5, 0.6) is 0 Å². The third-order valence-electron chi connectivity index (χ3n) is 7.23. The summed E-state index contributed by atoms with van der Waals surface area (Å²) < 4.78 is 1.15. The zero-order valence-electron chi connectivity index (χ0n) is 21.6. The lowest BCUT2D eigenvalue weighted by Gasteiger charge is -2.36. The van der Waals surface area contributed by atoms with Crippen LogP contribution in [0.1, 0.15) is 129 Å². The number of benzene rings is 1. The van der Waals surface area contributed by atoms with E-state index in [0.717, 1.165) is 4.48 Å². The van der Waals surface area contributed by atoms with Crippen LogP contribution in [-0.4, -0.2) is 19.6 Å². The molecule has 31 heavy (non-hydrogen) atoms. The maximum Gasteiger partial charge on any atom is 0.132 e. The fourth-order valence-electron chi connectivity index (χ4n) is 4.86. The summed E-state index contributed by atoms with van der Waals surface area (Å²) in [6.45, 7) is 12.9. The monoisotopic (exact) mass is 451 g/mol. The van der Waals surface area contributed by atoms with Crippen molar-refractivity contribution in [2.24, 2.45) is 0 Å². The van der Waals surface area contributed by atoms with Gasteiger partial charge in [0.2, 0.25) is 0 Å². The Bertz CT molecular complexity index is 492. The number of rotatable bonds is 20. The molecule has 1 nitrogen and oxygen atoms in total. The van der Waals surface area contributed by atoms with Crippen molar-refractivity contribution in [1.29, 1.82) is 0 Å². The molecule has 0 aliphatic carbocycles. The van der Waals surface area contributed by atoms with Gasteiger partial charge in [-0.05, 0) is 45.7 Å². The summed E-state index contributed by atoms with van der Waals surface area (Å²) in [7, 11) is 0. The molecule has 0 bridgehead atoms. The maximum atomic E-state index is 2.36. The van der Waals surface area contributed by atoms with Gasteiger partial charge in [0, 0.05) is 0 Å². The van der Waals surface area contributed by atoms with Crippen molar-refractivity contribution in [3.8, 4) is 0 Å². The first-order chi connectivity index (χ1) is 14.7. The number of hydrogen-bond acceptors (Lipinski definition) is 0. The predicted molar refractivity (Wildman–Crippen MR) is 138 cm³/mol. The van der Waals surface area contributed by atoms with E-state index in [0.29, 0.717) is 0 Å². The van der Waals surface area contributed by atoms with Crippen LogP contribution in [0.25, 0.3) is 0 Å². The van der Waals surface area contributed by atoms with E-state index in [9.17, 15) is 0 Å². The van der Waals surface area contributed by atoms with Gasteiger partial charge in [-0.3, -0.25) is 4.48 Å². The van der Waals surface area contributed by atoms with Gasteiger partial charge in [-0.1, -0.05) is 115 Å². The van der Waals surface area contributed by atoms with Gasteiger partial charge in [-0.15, -0.1) is 0 Å². The van der Waals surface area contributed by atoms with Gasteiger partial charge >= 0.3 is 0 Å². The molecule has 0 unspecified atom stereocenters. The van der Waals surface area contributed by atoms with Crippen LogP contribution in [0.3, 0.4) is 0 Å². The summed E-state index contributed by atoms with van der Waals surface area (Å²) in [5.74, 6) is 0. The van der Waals surface area contributed by atoms with Crippen molar-refractivity contribution in [2.45, 2.75) is 130 Å². The Morgan fingerprint density at radius 1 is 0.516 bits per heavy atom. The molecule has 0 aliphatic heterocycles. The second-order valence-corrected chi connectivity index (χ2v) is 9.64. The van der Waals surface area contributed by atoms with E-state index in [4.69, 9.17) is 0 Å².